The van der Waals surface area contributed by atoms with Gasteiger partial charge in [0.2, 0.25) is 5.91 Å². The molecule has 3 rings (SSSR count). The van der Waals surface area contributed by atoms with Crippen molar-refractivity contribution in [1.82, 2.24) is 19.8 Å². The normalized spacial score (nSPS) is 23.0. The van der Waals surface area contributed by atoms with Gasteiger partial charge in [0, 0.05) is 57.5 Å². The Morgan fingerprint density at radius 2 is 2.15 bits per heavy atom. The molecule has 1 spiro atoms. The largest absolute Gasteiger partial charge is 0.370 e. The number of carbonyl (C=O) groups excluding carboxylic acids is 1. The lowest BCUT2D eigenvalue weighted by Gasteiger charge is -2.40. The molecule has 3 heterocycles. The van der Waals surface area contributed by atoms with Gasteiger partial charge in [-0.05, 0) is 39.5 Å². The smallest absolute Gasteiger partial charge is 0.221 e. The summed E-state index contributed by atoms with van der Waals surface area (Å²) in [6, 6.07) is 0.618. The Balaban J connectivity index is 1.37. The van der Waals surface area contributed by atoms with Gasteiger partial charge in [-0.15, -0.1) is 0 Å². The highest BCUT2D eigenvalue weighted by Gasteiger charge is 2.42. The number of nitrogens with zero attached hydrogens (tertiary/aromatic N) is 3. The van der Waals surface area contributed by atoms with Crippen LogP contribution in [0.15, 0.2) is 12.4 Å². The van der Waals surface area contributed by atoms with Crippen LogP contribution in [0, 0.1) is 0 Å². The van der Waals surface area contributed by atoms with Crippen LogP contribution in [0.4, 0.5) is 0 Å². The number of carbonyl (C=O) groups is 1. The number of nitrogens with one attached hydrogen (secondary N) is 1. The summed E-state index contributed by atoms with van der Waals surface area (Å²) in [5.41, 5.74) is 0.0631. The number of amides is 1. The first-order valence-corrected chi connectivity index (χ1v) is 10.2. The Kier molecular flexibility index (Phi) is 6.35. The monoisotopic (exact) mass is 362 g/mol. The summed E-state index contributed by atoms with van der Waals surface area (Å²) in [5.74, 6) is 1.13. The van der Waals surface area contributed by atoms with E-state index in [1.807, 2.05) is 6.20 Å². The minimum Gasteiger partial charge on any atom is -0.370 e. The van der Waals surface area contributed by atoms with Crippen LogP contribution in [-0.2, 0) is 22.5 Å². The lowest BCUT2D eigenvalue weighted by Crippen LogP contribution is -2.47. The number of imidazole rings is 1. The lowest BCUT2D eigenvalue weighted by molar-refractivity contribution is -0.123. The molecule has 1 unspecified atom stereocenters. The van der Waals surface area contributed by atoms with Gasteiger partial charge in [0.05, 0.1) is 11.7 Å². The zero-order valence-electron chi connectivity index (χ0n) is 16.5. The standard InChI is InChI=1S/C20H34N4O2/c1-4-18-21-10-14-24(18)11-6-19(25)22-15-17-5-7-20(26-17)8-12-23(13-9-20)16(2)3/h10,14,16-17H,4-9,11-13,15H2,1-3H3,(H,22,25). The second kappa shape index (κ2) is 8.53. The van der Waals surface area contributed by atoms with Crippen LogP contribution < -0.4 is 5.32 Å². The van der Waals surface area contributed by atoms with E-state index in [4.69, 9.17) is 4.74 Å². The van der Waals surface area contributed by atoms with E-state index >= 15 is 0 Å². The third-order valence-corrected chi connectivity index (χ3v) is 6.00. The maximum atomic E-state index is 12.2. The van der Waals surface area contributed by atoms with Crippen molar-refractivity contribution in [3.05, 3.63) is 18.2 Å². The van der Waals surface area contributed by atoms with Crippen LogP contribution in [0.2, 0.25) is 0 Å². The minimum atomic E-state index is 0.0631. The molecule has 0 aliphatic carbocycles. The summed E-state index contributed by atoms with van der Waals surface area (Å²) in [7, 11) is 0. The first kappa shape index (κ1) is 19.4. The van der Waals surface area contributed by atoms with E-state index in [-0.39, 0.29) is 17.6 Å². The van der Waals surface area contributed by atoms with Crippen molar-refractivity contribution in [1.29, 1.82) is 0 Å². The van der Waals surface area contributed by atoms with Crippen molar-refractivity contribution in [3.63, 3.8) is 0 Å². The molecule has 0 saturated carbocycles. The zero-order valence-corrected chi connectivity index (χ0v) is 16.5. The number of aromatic nitrogens is 2. The first-order chi connectivity index (χ1) is 12.5. The van der Waals surface area contributed by atoms with Crippen molar-refractivity contribution in [2.75, 3.05) is 19.6 Å². The number of piperidine rings is 1. The Bertz CT molecular complexity index is 590. The molecule has 1 atom stereocenters. The number of hydrogen-bond acceptors (Lipinski definition) is 4. The van der Waals surface area contributed by atoms with E-state index in [2.05, 4.69) is 40.5 Å². The SMILES string of the molecule is CCc1nccn1CCC(=O)NCC1CCC2(CCN(C(C)C)CC2)O1. The molecule has 1 aromatic heterocycles. The van der Waals surface area contributed by atoms with Gasteiger partial charge >= 0.3 is 0 Å². The first-order valence-electron chi connectivity index (χ1n) is 10.2. The summed E-state index contributed by atoms with van der Waals surface area (Å²) in [6.45, 7) is 10.2. The van der Waals surface area contributed by atoms with Gasteiger partial charge in [0.25, 0.3) is 0 Å². The van der Waals surface area contributed by atoms with Crippen LogP contribution in [0.3, 0.4) is 0 Å². The highest BCUT2D eigenvalue weighted by molar-refractivity contribution is 5.75. The molecule has 0 radical (unpaired) electrons. The molecule has 146 valence electrons. The van der Waals surface area contributed by atoms with Crippen molar-refractivity contribution >= 4 is 5.91 Å². The Morgan fingerprint density at radius 3 is 2.85 bits per heavy atom. The average Bonchev–Trinajstić information content (AvgIpc) is 3.25. The molecule has 2 aliphatic rings. The van der Waals surface area contributed by atoms with Gasteiger partial charge in [-0.2, -0.15) is 0 Å². The predicted octanol–water partition coefficient (Wildman–Crippen LogP) is 2.37. The molecule has 2 saturated heterocycles. The highest BCUT2D eigenvalue weighted by Crippen LogP contribution is 2.39. The number of hydrogen-bond donors (Lipinski definition) is 1. The summed E-state index contributed by atoms with van der Waals surface area (Å²) >= 11 is 0. The number of rotatable bonds is 7. The Hall–Kier alpha value is -1.40. The van der Waals surface area contributed by atoms with E-state index in [9.17, 15) is 4.79 Å². The fraction of sp³-hybridized carbons (Fsp3) is 0.800. The maximum absolute atomic E-state index is 12.2. The number of likely N-dealkylation sites (tertiary alicyclic amines) is 1. The fourth-order valence-corrected chi connectivity index (χ4v) is 4.25. The topological polar surface area (TPSA) is 59.4 Å². The molecule has 2 aliphatic heterocycles. The van der Waals surface area contributed by atoms with E-state index < -0.39 is 0 Å². The third kappa shape index (κ3) is 4.65. The van der Waals surface area contributed by atoms with Crippen LogP contribution in [-0.4, -0.2) is 57.7 Å². The number of aryl methyl sites for hydroxylation is 2. The lowest BCUT2D eigenvalue weighted by atomic mass is 9.88. The van der Waals surface area contributed by atoms with E-state index in [1.165, 1.54) is 0 Å². The van der Waals surface area contributed by atoms with E-state index in [1.54, 1.807) is 6.20 Å². The van der Waals surface area contributed by atoms with E-state index in [0.29, 0.717) is 25.6 Å². The fourth-order valence-electron chi connectivity index (χ4n) is 4.25. The zero-order chi connectivity index (χ0) is 18.6. The predicted molar refractivity (Wildman–Crippen MR) is 102 cm³/mol. The quantitative estimate of drug-likeness (QED) is 0.809. The summed E-state index contributed by atoms with van der Waals surface area (Å²) in [4.78, 5) is 19.0. The van der Waals surface area contributed by atoms with Gasteiger partial charge in [0.1, 0.15) is 5.82 Å². The second-order valence-corrected chi connectivity index (χ2v) is 8.04. The molecule has 26 heavy (non-hydrogen) atoms. The summed E-state index contributed by atoms with van der Waals surface area (Å²) in [6.07, 6.45) is 9.73. The molecule has 0 bridgehead atoms. The Labute approximate surface area is 157 Å². The van der Waals surface area contributed by atoms with Crippen molar-refractivity contribution in [3.8, 4) is 0 Å². The molecule has 1 aromatic rings. The molecule has 1 N–H and O–H groups in total. The molecule has 6 heteroatoms. The maximum Gasteiger partial charge on any atom is 0.221 e. The molecular weight excluding hydrogens is 328 g/mol. The molecule has 1 amide bonds. The van der Waals surface area contributed by atoms with Gasteiger partial charge in [-0.3, -0.25) is 4.79 Å². The van der Waals surface area contributed by atoms with Gasteiger partial charge in [0.15, 0.2) is 0 Å². The van der Waals surface area contributed by atoms with Crippen molar-refractivity contribution < 1.29 is 9.53 Å². The van der Waals surface area contributed by atoms with Crippen LogP contribution in [0.5, 0.6) is 0 Å². The molecule has 0 aromatic carbocycles. The van der Waals surface area contributed by atoms with Crippen molar-refractivity contribution in [2.45, 2.75) is 83.6 Å². The van der Waals surface area contributed by atoms with Crippen LogP contribution in [0.1, 0.15) is 58.7 Å². The van der Waals surface area contributed by atoms with Gasteiger partial charge < -0.3 is 19.5 Å². The Morgan fingerprint density at radius 1 is 1.38 bits per heavy atom. The van der Waals surface area contributed by atoms with Gasteiger partial charge in [-0.1, -0.05) is 6.92 Å². The van der Waals surface area contributed by atoms with Crippen molar-refractivity contribution in [2.24, 2.45) is 0 Å². The highest BCUT2D eigenvalue weighted by atomic mass is 16.5. The average molecular weight is 363 g/mol. The summed E-state index contributed by atoms with van der Waals surface area (Å²) in [5, 5.41) is 3.07. The molecule has 6 nitrogen and oxygen atoms in total. The molecular formula is C20H34N4O2. The minimum absolute atomic E-state index is 0.0631. The van der Waals surface area contributed by atoms with Crippen LogP contribution in [0.25, 0.3) is 0 Å². The summed E-state index contributed by atoms with van der Waals surface area (Å²) < 4.78 is 8.46. The third-order valence-electron chi connectivity index (χ3n) is 6.00. The van der Waals surface area contributed by atoms with Gasteiger partial charge in [-0.25, -0.2) is 4.98 Å². The van der Waals surface area contributed by atoms with Crippen LogP contribution >= 0.6 is 0 Å². The second-order valence-electron chi connectivity index (χ2n) is 8.04. The van der Waals surface area contributed by atoms with E-state index in [0.717, 1.165) is 51.0 Å². The number of ether oxygens (including phenoxy) is 1. The molecule has 2 fully saturated rings.